The number of anilines is 1. The molecular formula is C19H29N5O4. The van der Waals surface area contributed by atoms with Gasteiger partial charge in [-0.25, -0.2) is 19.6 Å². The fourth-order valence-electron chi connectivity index (χ4n) is 3.70. The van der Waals surface area contributed by atoms with Crippen LogP contribution in [0.1, 0.15) is 27.2 Å². The zero-order valence-electron chi connectivity index (χ0n) is 17.0. The van der Waals surface area contributed by atoms with Crippen LogP contribution in [-0.4, -0.2) is 89.3 Å². The lowest BCUT2D eigenvalue weighted by atomic mass is 10.1. The van der Waals surface area contributed by atoms with Crippen LogP contribution < -0.4 is 4.90 Å². The average Bonchev–Trinajstić information content (AvgIpc) is 3.12. The minimum atomic E-state index is -0.614. The van der Waals surface area contributed by atoms with Gasteiger partial charge in [-0.15, -0.1) is 0 Å². The smallest absolute Gasteiger partial charge is 0.411 e. The summed E-state index contributed by atoms with van der Waals surface area (Å²) in [6.45, 7) is 9.14. The highest BCUT2D eigenvalue weighted by Gasteiger charge is 2.44. The van der Waals surface area contributed by atoms with Gasteiger partial charge in [-0.3, -0.25) is 9.80 Å². The molecule has 0 N–H and O–H groups in total. The first-order valence-electron chi connectivity index (χ1n) is 9.62. The molecule has 3 heterocycles. The van der Waals surface area contributed by atoms with Gasteiger partial charge in [-0.1, -0.05) is 0 Å². The predicted molar refractivity (Wildman–Crippen MR) is 103 cm³/mol. The number of likely N-dealkylation sites (tertiary alicyclic amines) is 1. The largest absolute Gasteiger partial charge is 0.467 e. The maximum atomic E-state index is 12.6. The highest BCUT2D eigenvalue weighted by Crippen LogP contribution is 2.26. The van der Waals surface area contributed by atoms with Crippen molar-refractivity contribution in [2.24, 2.45) is 0 Å². The van der Waals surface area contributed by atoms with Gasteiger partial charge in [0.15, 0.2) is 0 Å². The van der Waals surface area contributed by atoms with E-state index in [2.05, 4.69) is 19.8 Å². The maximum Gasteiger partial charge on any atom is 0.411 e. The molecule has 0 radical (unpaired) electrons. The van der Waals surface area contributed by atoms with Crippen LogP contribution in [0.25, 0.3) is 0 Å². The van der Waals surface area contributed by atoms with Crippen molar-refractivity contribution >= 4 is 18.0 Å². The van der Waals surface area contributed by atoms with Crippen molar-refractivity contribution in [3.63, 3.8) is 0 Å². The maximum absolute atomic E-state index is 12.6. The molecule has 0 unspecified atom stereocenters. The van der Waals surface area contributed by atoms with Crippen LogP contribution >= 0.6 is 0 Å². The molecule has 1 aromatic heterocycles. The molecule has 1 amide bonds. The van der Waals surface area contributed by atoms with Gasteiger partial charge in [-0.2, -0.15) is 0 Å². The summed E-state index contributed by atoms with van der Waals surface area (Å²) < 4.78 is 10.4. The van der Waals surface area contributed by atoms with Crippen LogP contribution in [0.3, 0.4) is 0 Å². The second-order valence-electron chi connectivity index (χ2n) is 8.13. The molecule has 2 saturated heterocycles. The van der Waals surface area contributed by atoms with Crippen molar-refractivity contribution in [1.82, 2.24) is 19.8 Å². The Kier molecular flexibility index (Phi) is 6.02. The second kappa shape index (κ2) is 8.30. The Morgan fingerprint density at radius 2 is 1.75 bits per heavy atom. The Hall–Kier alpha value is -2.42. The van der Waals surface area contributed by atoms with Crippen molar-refractivity contribution in [1.29, 1.82) is 0 Å². The Labute approximate surface area is 165 Å². The quantitative estimate of drug-likeness (QED) is 0.709. The number of carbonyl (C=O) groups excluding carboxylic acids is 2. The van der Waals surface area contributed by atoms with Crippen molar-refractivity contribution in [2.45, 2.75) is 44.9 Å². The molecular weight excluding hydrogens is 362 g/mol. The molecule has 0 bridgehead atoms. The monoisotopic (exact) mass is 391 g/mol. The molecule has 2 aliphatic heterocycles. The lowest BCUT2D eigenvalue weighted by molar-refractivity contribution is -0.145. The minimum absolute atomic E-state index is 0.0930. The lowest BCUT2D eigenvalue weighted by Crippen LogP contribution is -2.51. The fraction of sp³-hybridized carbons (Fsp3) is 0.684. The van der Waals surface area contributed by atoms with E-state index in [0.717, 1.165) is 32.1 Å². The van der Waals surface area contributed by atoms with Crippen molar-refractivity contribution in [2.75, 3.05) is 44.7 Å². The van der Waals surface area contributed by atoms with Crippen LogP contribution in [0, 0.1) is 0 Å². The van der Waals surface area contributed by atoms with Crippen LogP contribution in [0.2, 0.25) is 0 Å². The molecule has 28 heavy (non-hydrogen) atoms. The SMILES string of the molecule is COC(=O)[C@@H]1C[C@H](N2CCN(c3ncccn3)CC2)CN1C(=O)OC(C)(C)C. The van der Waals surface area contributed by atoms with Gasteiger partial charge in [-0.05, 0) is 33.3 Å². The summed E-state index contributed by atoms with van der Waals surface area (Å²) in [6.07, 6.45) is 3.56. The van der Waals surface area contributed by atoms with E-state index in [1.807, 2.05) is 20.8 Å². The number of nitrogens with zero attached hydrogens (tertiary/aromatic N) is 5. The summed E-state index contributed by atoms with van der Waals surface area (Å²) in [4.78, 5) is 39.4. The summed E-state index contributed by atoms with van der Waals surface area (Å²) in [7, 11) is 1.35. The third kappa shape index (κ3) is 4.70. The summed E-state index contributed by atoms with van der Waals surface area (Å²) in [5, 5.41) is 0. The number of aromatic nitrogens is 2. The number of amides is 1. The number of methoxy groups -OCH3 is 1. The van der Waals surface area contributed by atoms with Crippen LogP contribution in [-0.2, 0) is 14.3 Å². The molecule has 0 aromatic carbocycles. The van der Waals surface area contributed by atoms with E-state index in [4.69, 9.17) is 9.47 Å². The highest BCUT2D eigenvalue weighted by atomic mass is 16.6. The van der Waals surface area contributed by atoms with Crippen LogP contribution in [0.5, 0.6) is 0 Å². The second-order valence-corrected chi connectivity index (χ2v) is 8.13. The van der Waals surface area contributed by atoms with E-state index >= 15 is 0 Å². The highest BCUT2D eigenvalue weighted by molar-refractivity contribution is 5.82. The summed E-state index contributed by atoms with van der Waals surface area (Å²) in [5.74, 6) is 0.334. The molecule has 0 spiro atoms. The first kappa shape index (κ1) is 20.3. The van der Waals surface area contributed by atoms with E-state index in [9.17, 15) is 9.59 Å². The summed E-state index contributed by atoms with van der Waals surface area (Å²) in [5.41, 5.74) is -0.614. The molecule has 2 atom stereocenters. The molecule has 2 fully saturated rings. The minimum Gasteiger partial charge on any atom is -0.467 e. The van der Waals surface area contributed by atoms with Gasteiger partial charge in [0.2, 0.25) is 5.95 Å². The number of carbonyl (C=O) groups is 2. The molecule has 1 aromatic rings. The van der Waals surface area contributed by atoms with Crippen LogP contribution in [0.15, 0.2) is 18.5 Å². The van der Waals surface area contributed by atoms with E-state index < -0.39 is 23.7 Å². The predicted octanol–water partition coefficient (Wildman–Crippen LogP) is 1.15. The zero-order valence-corrected chi connectivity index (χ0v) is 17.0. The fourth-order valence-corrected chi connectivity index (χ4v) is 3.70. The standard InChI is InChI=1S/C19H29N5O4/c1-19(2,3)28-18(26)24-13-14(12-15(24)16(25)27-4)22-8-10-23(11-9-22)17-20-6-5-7-21-17/h5-7,14-15H,8-13H2,1-4H3/t14-,15-/m0/s1. The third-order valence-corrected chi connectivity index (χ3v) is 5.05. The van der Waals surface area contributed by atoms with Crippen molar-refractivity contribution < 1.29 is 19.1 Å². The Morgan fingerprint density at radius 3 is 2.32 bits per heavy atom. The molecule has 0 saturated carbocycles. The topological polar surface area (TPSA) is 88.1 Å². The van der Waals surface area contributed by atoms with Gasteiger partial charge in [0.05, 0.1) is 7.11 Å². The van der Waals surface area contributed by atoms with Gasteiger partial charge in [0.1, 0.15) is 11.6 Å². The molecule has 3 rings (SSSR count). The number of esters is 1. The van der Waals surface area contributed by atoms with E-state index in [0.29, 0.717) is 13.0 Å². The zero-order chi connectivity index (χ0) is 20.3. The molecule has 0 aliphatic carbocycles. The number of hydrogen-bond acceptors (Lipinski definition) is 8. The lowest BCUT2D eigenvalue weighted by Gasteiger charge is -2.37. The van der Waals surface area contributed by atoms with E-state index in [1.54, 1.807) is 18.5 Å². The Balaban J connectivity index is 1.63. The Morgan fingerprint density at radius 1 is 1.11 bits per heavy atom. The first-order valence-corrected chi connectivity index (χ1v) is 9.62. The number of hydrogen-bond donors (Lipinski definition) is 0. The van der Waals surface area contributed by atoms with Crippen molar-refractivity contribution in [3.05, 3.63) is 18.5 Å². The van der Waals surface area contributed by atoms with Gasteiger partial charge < -0.3 is 14.4 Å². The number of rotatable bonds is 3. The molecule has 2 aliphatic rings. The van der Waals surface area contributed by atoms with Gasteiger partial charge in [0, 0.05) is 51.2 Å². The third-order valence-electron chi connectivity index (χ3n) is 5.05. The number of piperazine rings is 1. The normalized spacial score (nSPS) is 23.6. The summed E-state index contributed by atoms with van der Waals surface area (Å²) in [6, 6.07) is 1.28. The van der Waals surface area contributed by atoms with E-state index in [-0.39, 0.29) is 6.04 Å². The van der Waals surface area contributed by atoms with Crippen molar-refractivity contribution in [3.8, 4) is 0 Å². The van der Waals surface area contributed by atoms with Gasteiger partial charge >= 0.3 is 12.1 Å². The molecule has 154 valence electrons. The first-order chi connectivity index (χ1) is 13.3. The Bertz CT molecular complexity index is 685. The average molecular weight is 391 g/mol. The molecule has 9 nitrogen and oxygen atoms in total. The van der Waals surface area contributed by atoms with Gasteiger partial charge in [0.25, 0.3) is 0 Å². The molecule has 9 heteroatoms. The van der Waals surface area contributed by atoms with Crippen LogP contribution in [0.4, 0.5) is 10.7 Å². The number of ether oxygens (including phenoxy) is 2. The summed E-state index contributed by atoms with van der Waals surface area (Å²) >= 11 is 0. The van der Waals surface area contributed by atoms with E-state index in [1.165, 1.54) is 12.0 Å².